The average Bonchev–Trinajstić information content (AvgIpc) is 3.05. The minimum absolute atomic E-state index is 0.168. The van der Waals surface area contributed by atoms with Crippen molar-refractivity contribution in [1.82, 2.24) is 15.2 Å². The highest BCUT2D eigenvalue weighted by Crippen LogP contribution is 2.25. The molecule has 23 heavy (non-hydrogen) atoms. The van der Waals surface area contributed by atoms with Gasteiger partial charge in [0.05, 0.1) is 11.3 Å². The summed E-state index contributed by atoms with van der Waals surface area (Å²) < 4.78 is 5.64. The fraction of sp³-hybridized carbons (Fsp3) is 0.176. The third kappa shape index (κ3) is 3.11. The predicted octanol–water partition coefficient (Wildman–Crippen LogP) is 3.62. The van der Waals surface area contributed by atoms with E-state index >= 15 is 0 Å². The van der Waals surface area contributed by atoms with E-state index in [1.165, 1.54) is 0 Å². The van der Waals surface area contributed by atoms with Gasteiger partial charge in [-0.05, 0) is 24.3 Å². The number of rotatable bonds is 4. The first-order valence-electron chi connectivity index (χ1n) is 7.18. The van der Waals surface area contributed by atoms with Crippen LogP contribution in [0.15, 0.2) is 47.0 Å². The normalized spacial score (nSPS) is 10.9. The van der Waals surface area contributed by atoms with E-state index in [-0.39, 0.29) is 11.5 Å². The zero-order chi connectivity index (χ0) is 16.4. The second kappa shape index (κ2) is 6.00. The fourth-order valence-electron chi connectivity index (χ4n) is 2.09. The van der Waals surface area contributed by atoms with Gasteiger partial charge in [0.2, 0.25) is 11.8 Å². The Morgan fingerprint density at radius 3 is 2.43 bits per heavy atom. The summed E-state index contributed by atoms with van der Waals surface area (Å²) in [6.45, 7) is 3.97. The molecule has 116 valence electrons. The number of aromatic nitrogens is 3. The van der Waals surface area contributed by atoms with Gasteiger partial charge in [-0.25, -0.2) is 4.79 Å². The van der Waals surface area contributed by atoms with E-state index in [1.807, 2.05) is 19.9 Å². The number of aromatic carboxylic acids is 1. The van der Waals surface area contributed by atoms with Crippen molar-refractivity contribution >= 4 is 5.97 Å². The van der Waals surface area contributed by atoms with Crippen LogP contribution in [0.1, 0.15) is 36.0 Å². The Balaban J connectivity index is 1.94. The number of carbonyl (C=O) groups is 1. The Labute approximate surface area is 132 Å². The minimum atomic E-state index is -0.953. The molecule has 2 aromatic heterocycles. The summed E-state index contributed by atoms with van der Waals surface area (Å²) >= 11 is 0. The smallest absolute Gasteiger partial charge is 0.335 e. The Morgan fingerprint density at radius 1 is 1.09 bits per heavy atom. The van der Waals surface area contributed by atoms with Gasteiger partial charge in [-0.2, -0.15) is 0 Å². The number of carboxylic acid groups (broad SMARTS) is 1. The van der Waals surface area contributed by atoms with Crippen LogP contribution >= 0.6 is 0 Å². The van der Waals surface area contributed by atoms with Crippen LogP contribution in [-0.4, -0.2) is 26.3 Å². The van der Waals surface area contributed by atoms with E-state index in [1.54, 1.807) is 36.5 Å². The van der Waals surface area contributed by atoms with E-state index in [4.69, 9.17) is 9.52 Å². The SMILES string of the molecule is CC(C)c1nnc(-c2ccnc(-c3ccc(C(=O)O)cc3)c2)o1. The van der Waals surface area contributed by atoms with E-state index in [9.17, 15) is 4.79 Å². The molecule has 1 aromatic carbocycles. The summed E-state index contributed by atoms with van der Waals surface area (Å²) in [6, 6.07) is 10.2. The molecular formula is C17H15N3O3. The first-order chi connectivity index (χ1) is 11.0. The van der Waals surface area contributed by atoms with Crippen molar-refractivity contribution in [1.29, 1.82) is 0 Å². The highest BCUT2D eigenvalue weighted by molar-refractivity contribution is 5.88. The van der Waals surface area contributed by atoms with Crippen molar-refractivity contribution in [2.24, 2.45) is 0 Å². The quantitative estimate of drug-likeness (QED) is 0.791. The summed E-state index contributed by atoms with van der Waals surface area (Å²) in [4.78, 5) is 15.2. The van der Waals surface area contributed by atoms with Crippen LogP contribution in [0.2, 0.25) is 0 Å². The molecule has 0 aliphatic heterocycles. The van der Waals surface area contributed by atoms with Crippen LogP contribution in [0.5, 0.6) is 0 Å². The standard InChI is InChI=1S/C17H15N3O3/c1-10(2)15-19-20-16(23-15)13-7-8-18-14(9-13)11-3-5-12(6-4-11)17(21)22/h3-10H,1-2H3,(H,21,22). The molecule has 0 amide bonds. The third-order valence-corrected chi connectivity index (χ3v) is 3.37. The van der Waals surface area contributed by atoms with Crippen molar-refractivity contribution in [3.05, 3.63) is 54.0 Å². The van der Waals surface area contributed by atoms with Gasteiger partial charge in [-0.15, -0.1) is 10.2 Å². The lowest BCUT2D eigenvalue weighted by molar-refractivity contribution is 0.0697. The molecule has 0 saturated carbocycles. The number of hydrogen-bond donors (Lipinski definition) is 1. The summed E-state index contributed by atoms with van der Waals surface area (Å²) in [6.07, 6.45) is 1.66. The van der Waals surface area contributed by atoms with Gasteiger partial charge in [0.1, 0.15) is 0 Å². The molecular weight excluding hydrogens is 294 g/mol. The van der Waals surface area contributed by atoms with Gasteiger partial charge in [0.15, 0.2) is 0 Å². The minimum Gasteiger partial charge on any atom is -0.478 e. The van der Waals surface area contributed by atoms with Gasteiger partial charge in [0.25, 0.3) is 0 Å². The van der Waals surface area contributed by atoms with Crippen LogP contribution < -0.4 is 0 Å². The van der Waals surface area contributed by atoms with E-state index in [0.717, 1.165) is 11.1 Å². The van der Waals surface area contributed by atoms with Crippen molar-refractivity contribution in [2.45, 2.75) is 19.8 Å². The average molecular weight is 309 g/mol. The van der Waals surface area contributed by atoms with E-state index < -0.39 is 5.97 Å². The zero-order valence-electron chi connectivity index (χ0n) is 12.7. The van der Waals surface area contributed by atoms with Crippen LogP contribution in [0.25, 0.3) is 22.7 Å². The Bertz CT molecular complexity index is 838. The lowest BCUT2D eigenvalue weighted by atomic mass is 10.1. The molecule has 0 saturated heterocycles. The maximum absolute atomic E-state index is 10.9. The molecule has 6 heteroatoms. The third-order valence-electron chi connectivity index (χ3n) is 3.37. The van der Waals surface area contributed by atoms with Crippen molar-refractivity contribution in [2.75, 3.05) is 0 Å². The predicted molar refractivity (Wildman–Crippen MR) is 84.0 cm³/mol. The molecule has 0 aliphatic carbocycles. The molecule has 0 unspecified atom stereocenters. The van der Waals surface area contributed by atoms with Gasteiger partial charge in [0, 0.05) is 23.2 Å². The fourth-order valence-corrected chi connectivity index (χ4v) is 2.09. The number of benzene rings is 1. The van der Waals surface area contributed by atoms with E-state index in [2.05, 4.69) is 15.2 Å². The zero-order valence-corrected chi connectivity index (χ0v) is 12.7. The lowest BCUT2D eigenvalue weighted by Crippen LogP contribution is -1.95. The summed E-state index contributed by atoms with van der Waals surface area (Å²) in [5.41, 5.74) is 2.55. The number of pyridine rings is 1. The highest BCUT2D eigenvalue weighted by Gasteiger charge is 2.12. The first kappa shape index (κ1) is 14.9. The van der Waals surface area contributed by atoms with Crippen LogP contribution in [-0.2, 0) is 0 Å². The second-order valence-electron chi connectivity index (χ2n) is 5.41. The monoisotopic (exact) mass is 309 g/mol. The number of nitrogens with zero attached hydrogens (tertiary/aromatic N) is 3. The molecule has 2 heterocycles. The summed E-state index contributed by atoms with van der Waals surface area (Å²) in [7, 11) is 0. The molecule has 1 N–H and O–H groups in total. The van der Waals surface area contributed by atoms with E-state index in [0.29, 0.717) is 17.5 Å². The molecule has 0 atom stereocenters. The molecule has 0 radical (unpaired) electrons. The maximum atomic E-state index is 10.9. The molecule has 0 bridgehead atoms. The summed E-state index contributed by atoms with van der Waals surface area (Å²) in [5.74, 6) is 0.245. The number of carboxylic acids is 1. The van der Waals surface area contributed by atoms with Crippen molar-refractivity contribution in [3.63, 3.8) is 0 Å². The lowest BCUT2D eigenvalue weighted by Gasteiger charge is -2.03. The summed E-state index contributed by atoms with van der Waals surface area (Å²) in [5, 5.41) is 17.0. The van der Waals surface area contributed by atoms with Gasteiger partial charge in [-0.1, -0.05) is 26.0 Å². The first-order valence-corrected chi connectivity index (χ1v) is 7.18. The van der Waals surface area contributed by atoms with Gasteiger partial charge >= 0.3 is 5.97 Å². The van der Waals surface area contributed by atoms with Gasteiger partial charge in [-0.3, -0.25) is 4.98 Å². The van der Waals surface area contributed by atoms with Crippen LogP contribution in [0.4, 0.5) is 0 Å². The molecule has 0 spiro atoms. The Kier molecular flexibility index (Phi) is 3.89. The topological polar surface area (TPSA) is 89.1 Å². The Morgan fingerprint density at radius 2 is 1.83 bits per heavy atom. The molecule has 0 fully saturated rings. The molecule has 0 aliphatic rings. The number of hydrogen-bond acceptors (Lipinski definition) is 5. The second-order valence-corrected chi connectivity index (χ2v) is 5.41. The van der Waals surface area contributed by atoms with Crippen molar-refractivity contribution < 1.29 is 14.3 Å². The van der Waals surface area contributed by atoms with Crippen LogP contribution in [0, 0.1) is 0 Å². The van der Waals surface area contributed by atoms with Gasteiger partial charge < -0.3 is 9.52 Å². The molecule has 3 aromatic rings. The van der Waals surface area contributed by atoms with Crippen LogP contribution in [0.3, 0.4) is 0 Å². The largest absolute Gasteiger partial charge is 0.478 e. The van der Waals surface area contributed by atoms with Crippen molar-refractivity contribution in [3.8, 4) is 22.7 Å². The highest BCUT2D eigenvalue weighted by atomic mass is 16.4. The Hall–Kier alpha value is -3.02. The molecule has 3 rings (SSSR count). The molecule has 6 nitrogen and oxygen atoms in total. The maximum Gasteiger partial charge on any atom is 0.335 e.